The minimum Gasteiger partial charge on any atom is -0.354 e. The molecule has 5 nitrogen and oxygen atoms in total. The van der Waals surface area contributed by atoms with Gasteiger partial charge in [0, 0.05) is 31.1 Å². The van der Waals surface area contributed by atoms with Gasteiger partial charge in [-0.05, 0) is 27.7 Å². The van der Waals surface area contributed by atoms with Gasteiger partial charge in [0.15, 0.2) is 0 Å². The van der Waals surface area contributed by atoms with Crippen molar-refractivity contribution >= 4 is 5.91 Å². The smallest absolute Gasteiger partial charge is 0.220 e. The first-order valence-corrected chi connectivity index (χ1v) is 5.69. The molecular formula is C11H20N4O. The fourth-order valence-corrected chi connectivity index (χ4v) is 1.32. The van der Waals surface area contributed by atoms with Crippen LogP contribution in [0.15, 0.2) is 6.20 Å². The molecule has 0 atom stereocenters. The summed E-state index contributed by atoms with van der Waals surface area (Å²) >= 11 is 0. The Labute approximate surface area is 96.2 Å². The van der Waals surface area contributed by atoms with Crippen molar-refractivity contribution in [2.24, 2.45) is 0 Å². The molecule has 0 saturated heterocycles. The molecule has 0 saturated carbocycles. The van der Waals surface area contributed by atoms with E-state index in [-0.39, 0.29) is 11.9 Å². The normalized spacial score (nSPS) is 11.1. The van der Waals surface area contributed by atoms with Crippen molar-refractivity contribution in [1.82, 2.24) is 20.3 Å². The zero-order chi connectivity index (χ0) is 12.1. The monoisotopic (exact) mass is 224 g/mol. The highest BCUT2D eigenvalue weighted by atomic mass is 16.1. The molecule has 1 N–H and O–H groups in total. The minimum absolute atomic E-state index is 0.0640. The molecule has 16 heavy (non-hydrogen) atoms. The predicted molar refractivity (Wildman–Crippen MR) is 62.0 cm³/mol. The first-order chi connectivity index (χ1) is 7.49. The van der Waals surface area contributed by atoms with Crippen molar-refractivity contribution in [3.8, 4) is 0 Å². The fraction of sp³-hybridized carbons (Fsp3) is 0.727. The first kappa shape index (κ1) is 12.7. The molecule has 0 bridgehead atoms. The fourth-order valence-electron chi connectivity index (χ4n) is 1.32. The average molecular weight is 224 g/mol. The molecule has 1 aromatic heterocycles. The van der Waals surface area contributed by atoms with Crippen molar-refractivity contribution in [2.75, 3.05) is 0 Å². The molecular weight excluding hydrogens is 204 g/mol. The first-order valence-electron chi connectivity index (χ1n) is 5.69. The average Bonchev–Trinajstić information content (AvgIpc) is 2.61. The van der Waals surface area contributed by atoms with Gasteiger partial charge < -0.3 is 5.32 Å². The van der Waals surface area contributed by atoms with E-state index >= 15 is 0 Å². The molecule has 1 aromatic rings. The van der Waals surface area contributed by atoms with Crippen LogP contribution in [0.5, 0.6) is 0 Å². The Bertz CT molecular complexity index is 344. The lowest BCUT2D eigenvalue weighted by molar-refractivity contribution is -0.121. The molecule has 0 unspecified atom stereocenters. The van der Waals surface area contributed by atoms with E-state index in [2.05, 4.69) is 15.6 Å². The van der Waals surface area contributed by atoms with Crippen LogP contribution >= 0.6 is 0 Å². The van der Waals surface area contributed by atoms with Gasteiger partial charge in [0.1, 0.15) is 0 Å². The van der Waals surface area contributed by atoms with Crippen LogP contribution in [0.25, 0.3) is 0 Å². The van der Waals surface area contributed by atoms with E-state index < -0.39 is 0 Å². The number of hydrogen-bond donors (Lipinski definition) is 1. The summed E-state index contributed by atoms with van der Waals surface area (Å²) in [5, 5.41) is 10.9. The number of rotatable bonds is 5. The molecule has 0 aromatic carbocycles. The Morgan fingerprint density at radius 3 is 2.62 bits per heavy atom. The summed E-state index contributed by atoms with van der Waals surface area (Å²) in [6, 6.07) is 0.504. The molecule has 1 rings (SSSR count). The van der Waals surface area contributed by atoms with Gasteiger partial charge in [0.05, 0.1) is 5.69 Å². The van der Waals surface area contributed by atoms with Crippen molar-refractivity contribution in [3.63, 3.8) is 0 Å². The number of nitrogens with zero attached hydrogens (tertiary/aromatic N) is 3. The second kappa shape index (κ2) is 5.63. The van der Waals surface area contributed by atoms with Gasteiger partial charge in [0.2, 0.25) is 5.91 Å². The molecule has 90 valence electrons. The van der Waals surface area contributed by atoms with Crippen molar-refractivity contribution in [1.29, 1.82) is 0 Å². The number of carbonyl (C=O) groups is 1. The number of amides is 1. The number of nitrogens with one attached hydrogen (secondary N) is 1. The second-order valence-corrected chi connectivity index (χ2v) is 4.51. The molecule has 1 heterocycles. The van der Waals surface area contributed by atoms with Gasteiger partial charge in [-0.2, -0.15) is 0 Å². The van der Waals surface area contributed by atoms with Crippen molar-refractivity contribution in [2.45, 2.75) is 52.6 Å². The number of aryl methyl sites for hydroxylation is 1. The van der Waals surface area contributed by atoms with E-state index in [1.807, 2.05) is 33.9 Å². The van der Waals surface area contributed by atoms with Gasteiger partial charge in [-0.25, -0.2) is 4.68 Å². The second-order valence-electron chi connectivity index (χ2n) is 4.51. The quantitative estimate of drug-likeness (QED) is 0.820. The summed E-state index contributed by atoms with van der Waals surface area (Å²) in [5.74, 6) is 0.0640. The third-order valence-electron chi connectivity index (χ3n) is 2.14. The third-order valence-corrected chi connectivity index (χ3v) is 2.14. The highest BCUT2D eigenvalue weighted by Gasteiger charge is 2.07. The van der Waals surface area contributed by atoms with Crippen LogP contribution in [0.1, 0.15) is 45.9 Å². The van der Waals surface area contributed by atoms with E-state index in [1.54, 1.807) is 4.68 Å². The zero-order valence-corrected chi connectivity index (χ0v) is 10.4. The lowest BCUT2D eigenvalue weighted by Crippen LogP contribution is -2.30. The van der Waals surface area contributed by atoms with E-state index in [1.165, 1.54) is 0 Å². The van der Waals surface area contributed by atoms with Crippen LogP contribution in [-0.4, -0.2) is 26.9 Å². The minimum atomic E-state index is 0.0640. The van der Waals surface area contributed by atoms with E-state index in [4.69, 9.17) is 0 Å². The van der Waals surface area contributed by atoms with Crippen LogP contribution in [0.3, 0.4) is 0 Å². The summed E-state index contributed by atoms with van der Waals surface area (Å²) < 4.78 is 1.80. The molecule has 0 aliphatic heterocycles. The Morgan fingerprint density at radius 2 is 2.12 bits per heavy atom. The number of aromatic nitrogens is 3. The van der Waals surface area contributed by atoms with E-state index in [9.17, 15) is 4.79 Å². The predicted octanol–water partition coefficient (Wildman–Crippen LogP) is 1.32. The number of carbonyl (C=O) groups excluding carboxylic acids is 1. The summed E-state index contributed by atoms with van der Waals surface area (Å²) in [6.07, 6.45) is 3.01. The van der Waals surface area contributed by atoms with Crippen LogP contribution in [-0.2, 0) is 11.2 Å². The molecule has 0 fully saturated rings. The van der Waals surface area contributed by atoms with Crippen LogP contribution < -0.4 is 5.32 Å². The lowest BCUT2D eigenvalue weighted by Gasteiger charge is -2.06. The zero-order valence-electron chi connectivity index (χ0n) is 10.4. The maximum atomic E-state index is 11.4. The van der Waals surface area contributed by atoms with Gasteiger partial charge in [-0.1, -0.05) is 5.21 Å². The van der Waals surface area contributed by atoms with E-state index in [0.717, 1.165) is 5.69 Å². The van der Waals surface area contributed by atoms with Crippen LogP contribution in [0, 0.1) is 0 Å². The van der Waals surface area contributed by atoms with Gasteiger partial charge in [0.25, 0.3) is 0 Å². The molecule has 0 aliphatic rings. The van der Waals surface area contributed by atoms with Crippen LogP contribution in [0.2, 0.25) is 0 Å². The van der Waals surface area contributed by atoms with Crippen molar-refractivity contribution < 1.29 is 4.79 Å². The Hall–Kier alpha value is -1.39. The maximum Gasteiger partial charge on any atom is 0.220 e. The highest BCUT2D eigenvalue weighted by molar-refractivity contribution is 5.76. The maximum absolute atomic E-state index is 11.4. The molecule has 1 amide bonds. The molecule has 0 spiro atoms. The van der Waals surface area contributed by atoms with Gasteiger partial charge in [-0.15, -0.1) is 5.10 Å². The Kier molecular flexibility index (Phi) is 4.46. The SMILES string of the molecule is CC(C)NC(=O)CCc1cn(C(C)C)nn1. The number of hydrogen-bond acceptors (Lipinski definition) is 3. The van der Waals surface area contributed by atoms with Gasteiger partial charge in [-0.3, -0.25) is 4.79 Å². The topological polar surface area (TPSA) is 59.8 Å². The van der Waals surface area contributed by atoms with Crippen LogP contribution in [0.4, 0.5) is 0 Å². The summed E-state index contributed by atoms with van der Waals surface area (Å²) in [7, 11) is 0. The third kappa shape index (κ3) is 4.00. The van der Waals surface area contributed by atoms with Gasteiger partial charge >= 0.3 is 0 Å². The highest BCUT2D eigenvalue weighted by Crippen LogP contribution is 2.04. The van der Waals surface area contributed by atoms with Crippen molar-refractivity contribution in [3.05, 3.63) is 11.9 Å². The molecule has 0 aliphatic carbocycles. The Balaban J connectivity index is 2.39. The van der Waals surface area contributed by atoms with E-state index in [0.29, 0.717) is 18.9 Å². The molecule has 0 radical (unpaired) electrons. The lowest BCUT2D eigenvalue weighted by atomic mass is 10.2. The Morgan fingerprint density at radius 1 is 1.44 bits per heavy atom. The summed E-state index contributed by atoms with van der Waals surface area (Å²) in [4.78, 5) is 11.4. The molecule has 5 heteroatoms. The summed E-state index contributed by atoms with van der Waals surface area (Å²) in [6.45, 7) is 7.99. The largest absolute Gasteiger partial charge is 0.354 e. The standard InChI is InChI=1S/C11H20N4O/c1-8(2)12-11(16)6-5-10-7-15(9(3)4)14-13-10/h7-9H,5-6H2,1-4H3,(H,12,16). The summed E-state index contributed by atoms with van der Waals surface area (Å²) in [5.41, 5.74) is 0.868.